The fourth-order valence-corrected chi connectivity index (χ4v) is 1.89. The van der Waals surface area contributed by atoms with Crippen LogP contribution in [0.2, 0.25) is 0 Å². The zero-order valence-corrected chi connectivity index (χ0v) is 10.2. The highest BCUT2D eigenvalue weighted by atomic mass is 15.0. The molecule has 1 unspecified atom stereocenters. The lowest BCUT2D eigenvalue weighted by Gasteiger charge is -2.15. The molecule has 86 valence electrons. The zero-order chi connectivity index (χ0) is 11.1. The van der Waals surface area contributed by atoms with Gasteiger partial charge in [0.1, 0.15) is 5.82 Å². The van der Waals surface area contributed by atoms with Crippen molar-refractivity contribution >= 4 is 0 Å². The third-order valence-electron chi connectivity index (χ3n) is 2.86. The molecule has 0 aromatic carbocycles. The molecular formula is C12H23N3. The first-order valence-corrected chi connectivity index (χ1v) is 5.99. The van der Waals surface area contributed by atoms with E-state index in [9.17, 15) is 0 Å². The third kappa shape index (κ3) is 4.04. The minimum atomic E-state index is 0.679. The van der Waals surface area contributed by atoms with Crippen LogP contribution in [0.3, 0.4) is 0 Å². The molecule has 0 spiro atoms. The molecule has 0 saturated heterocycles. The van der Waals surface area contributed by atoms with Gasteiger partial charge in [0.2, 0.25) is 0 Å². The van der Waals surface area contributed by atoms with Crippen molar-refractivity contribution in [3.63, 3.8) is 0 Å². The zero-order valence-electron chi connectivity index (χ0n) is 10.2. The van der Waals surface area contributed by atoms with Gasteiger partial charge in [-0.2, -0.15) is 0 Å². The highest BCUT2D eigenvalue weighted by Crippen LogP contribution is 2.05. The lowest BCUT2D eigenvalue weighted by atomic mass is 10.1. The van der Waals surface area contributed by atoms with Gasteiger partial charge in [-0.1, -0.05) is 13.8 Å². The maximum Gasteiger partial charge on any atom is 0.105 e. The van der Waals surface area contributed by atoms with Crippen molar-refractivity contribution in [2.45, 2.75) is 52.6 Å². The molecule has 1 atom stereocenters. The van der Waals surface area contributed by atoms with E-state index in [1.807, 2.05) is 6.20 Å². The van der Waals surface area contributed by atoms with Crippen LogP contribution in [0.5, 0.6) is 0 Å². The second-order valence-electron chi connectivity index (χ2n) is 3.97. The van der Waals surface area contributed by atoms with E-state index in [1.165, 1.54) is 19.3 Å². The highest BCUT2D eigenvalue weighted by molar-refractivity contribution is 4.88. The Kier molecular flexibility index (Phi) is 5.40. The highest BCUT2D eigenvalue weighted by Gasteiger charge is 2.04. The number of nitrogens with one attached hydrogen (secondary N) is 1. The van der Waals surface area contributed by atoms with E-state index >= 15 is 0 Å². The molecule has 3 heteroatoms. The number of aryl methyl sites for hydroxylation is 2. The summed E-state index contributed by atoms with van der Waals surface area (Å²) in [6.07, 6.45) is 7.63. The van der Waals surface area contributed by atoms with Crippen LogP contribution in [0.15, 0.2) is 12.4 Å². The van der Waals surface area contributed by atoms with Gasteiger partial charge in [-0.15, -0.1) is 0 Å². The van der Waals surface area contributed by atoms with E-state index < -0.39 is 0 Å². The minimum Gasteiger partial charge on any atom is -0.335 e. The van der Waals surface area contributed by atoms with Crippen molar-refractivity contribution in [1.29, 1.82) is 0 Å². The number of aromatic nitrogens is 2. The van der Waals surface area contributed by atoms with Crippen molar-refractivity contribution in [3.8, 4) is 0 Å². The van der Waals surface area contributed by atoms with Crippen molar-refractivity contribution in [2.24, 2.45) is 0 Å². The van der Waals surface area contributed by atoms with E-state index in [-0.39, 0.29) is 0 Å². The van der Waals surface area contributed by atoms with Crippen molar-refractivity contribution < 1.29 is 0 Å². The SMILES string of the molecule is CCNC(CC)CCCn1ccnc1C. The number of hydrogen-bond acceptors (Lipinski definition) is 2. The molecule has 1 rings (SSSR count). The molecular weight excluding hydrogens is 186 g/mol. The summed E-state index contributed by atoms with van der Waals surface area (Å²) in [5.74, 6) is 1.12. The molecule has 0 fully saturated rings. The maximum absolute atomic E-state index is 4.22. The summed E-state index contributed by atoms with van der Waals surface area (Å²) < 4.78 is 2.22. The number of nitrogens with zero attached hydrogens (tertiary/aromatic N) is 2. The molecule has 1 aromatic rings. The molecule has 0 aliphatic rings. The Morgan fingerprint density at radius 3 is 2.80 bits per heavy atom. The van der Waals surface area contributed by atoms with Crippen LogP contribution in [0.4, 0.5) is 0 Å². The Morgan fingerprint density at radius 2 is 2.27 bits per heavy atom. The van der Waals surface area contributed by atoms with Crippen LogP contribution < -0.4 is 5.32 Å². The van der Waals surface area contributed by atoms with Gasteiger partial charge in [-0.05, 0) is 32.7 Å². The van der Waals surface area contributed by atoms with Gasteiger partial charge in [0.05, 0.1) is 0 Å². The molecule has 1 N–H and O–H groups in total. The van der Waals surface area contributed by atoms with E-state index in [0.29, 0.717) is 6.04 Å². The average molecular weight is 209 g/mol. The first kappa shape index (κ1) is 12.2. The summed E-state index contributed by atoms with van der Waals surface area (Å²) in [5.41, 5.74) is 0. The van der Waals surface area contributed by atoms with Gasteiger partial charge in [0.15, 0.2) is 0 Å². The Labute approximate surface area is 92.9 Å². The molecule has 0 bridgehead atoms. The summed E-state index contributed by atoms with van der Waals surface area (Å²) in [6.45, 7) is 8.64. The lowest BCUT2D eigenvalue weighted by Crippen LogP contribution is -2.28. The van der Waals surface area contributed by atoms with Gasteiger partial charge in [-0.25, -0.2) is 4.98 Å². The third-order valence-corrected chi connectivity index (χ3v) is 2.86. The van der Waals surface area contributed by atoms with Crippen LogP contribution in [-0.4, -0.2) is 22.1 Å². The normalized spacial score (nSPS) is 13.0. The lowest BCUT2D eigenvalue weighted by molar-refractivity contribution is 0.447. The predicted octanol–water partition coefficient (Wildman–Crippen LogP) is 2.36. The van der Waals surface area contributed by atoms with Crippen LogP contribution in [0, 0.1) is 6.92 Å². The first-order valence-electron chi connectivity index (χ1n) is 5.99. The fourth-order valence-electron chi connectivity index (χ4n) is 1.89. The van der Waals surface area contributed by atoms with Crippen LogP contribution >= 0.6 is 0 Å². The van der Waals surface area contributed by atoms with Gasteiger partial charge in [0, 0.05) is 25.0 Å². The molecule has 3 nitrogen and oxygen atoms in total. The van der Waals surface area contributed by atoms with E-state index in [0.717, 1.165) is 18.9 Å². The average Bonchev–Trinajstić information content (AvgIpc) is 2.63. The Hall–Kier alpha value is -0.830. The van der Waals surface area contributed by atoms with Gasteiger partial charge >= 0.3 is 0 Å². The van der Waals surface area contributed by atoms with Gasteiger partial charge in [0.25, 0.3) is 0 Å². The molecule has 0 aliphatic carbocycles. The van der Waals surface area contributed by atoms with E-state index in [1.54, 1.807) is 0 Å². The summed E-state index contributed by atoms with van der Waals surface area (Å²) >= 11 is 0. The Balaban J connectivity index is 2.23. The standard InChI is InChI=1S/C12H23N3/c1-4-12(13-5-2)7-6-9-15-10-8-14-11(15)3/h8,10,12-13H,4-7,9H2,1-3H3. The van der Waals surface area contributed by atoms with Crippen LogP contribution in [0.1, 0.15) is 38.9 Å². The van der Waals surface area contributed by atoms with Crippen LogP contribution in [0.25, 0.3) is 0 Å². The molecule has 0 saturated carbocycles. The van der Waals surface area contributed by atoms with Gasteiger partial charge in [-0.3, -0.25) is 0 Å². The van der Waals surface area contributed by atoms with Gasteiger partial charge < -0.3 is 9.88 Å². The first-order chi connectivity index (χ1) is 7.27. The van der Waals surface area contributed by atoms with E-state index in [2.05, 4.69) is 41.8 Å². The molecule has 0 amide bonds. The number of hydrogen-bond donors (Lipinski definition) is 1. The summed E-state index contributed by atoms with van der Waals surface area (Å²) in [6, 6.07) is 0.679. The van der Waals surface area contributed by atoms with Crippen molar-refractivity contribution in [2.75, 3.05) is 6.54 Å². The largest absolute Gasteiger partial charge is 0.335 e. The number of imidazole rings is 1. The molecule has 1 aromatic heterocycles. The molecule has 0 aliphatic heterocycles. The quantitative estimate of drug-likeness (QED) is 0.747. The van der Waals surface area contributed by atoms with E-state index in [4.69, 9.17) is 0 Å². The Bertz CT molecular complexity index is 268. The fraction of sp³-hybridized carbons (Fsp3) is 0.750. The maximum atomic E-state index is 4.22. The summed E-state index contributed by atoms with van der Waals surface area (Å²) in [5, 5.41) is 3.50. The van der Waals surface area contributed by atoms with Crippen molar-refractivity contribution in [3.05, 3.63) is 18.2 Å². The number of rotatable bonds is 7. The molecule has 15 heavy (non-hydrogen) atoms. The smallest absolute Gasteiger partial charge is 0.105 e. The van der Waals surface area contributed by atoms with Crippen LogP contribution in [-0.2, 0) is 6.54 Å². The molecule has 1 heterocycles. The summed E-state index contributed by atoms with van der Waals surface area (Å²) in [7, 11) is 0. The molecule has 0 radical (unpaired) electrons. The second kappa shape index (κ2) is 6.62. The topological polar surface area (TPSA) is 29.9 Å². The summed E-state index contributed by atoms with van der Waals surface area (Å²) in [4.78, 5) is 4.22. The van der Waals surface area contributed by atoms with Crippen molar-refractivity contribution in [1.82, 2.24) is 14.9 Å². The predicted molar refractivity (Wildman–Crippen MR) is 64.0 cm³/mol. The monoisotopic (exact) mass is 209 g/mol. The second-order valence-corrected chi connectivity index (χ2v) is 3.97. The minimum absolute atomic E-state index is 0.679. The Morgan fingerprint density at radius 1 is 1.47 bits per heavy atom.